The van der Waals surface area contributed by atoms with Gasteiger partial charge >= 0.3 is 11.8 Å². The molecule has 0 saturated carbocycles. The molecule has 3 N–H and O–H groups in total. The fourth-order valence-corrected chi connectivity index (χ4v) is 2.01. The maximum absolute atomic E-state index is 11.9. The van der Waals surface area contributed by atoms with Crippen LogP contribution in [-0.4, -0.2) is 27.0 Å². The van der Waals surface area contributed by atoms with E-state index >= 15 is 0 Å². The Hall–Kier alpha value is -3.86. The molecule has 8 nitrogen and oxygen atoms in total. The lowest BCUT2D eigenvalue weighted by Gasteiger charge is -2.05. The third-order valence-electron chi connectivity index (χ3n) is 3.18. The number of nitrogens with one attached hydrogen (secondary N) is 3. The maximum Gasteiger partial charge on any atom is 0.313 e. The van der Waals surface area contributed by atoms with E-state index in [2.05, 4.69) is 31.7 Å². The van der Waals surface area contributed by atoms with E-state index in [9.17, 15) is 9.59 Å². The summed E-state index contributed by atoms with van der Waals surface area (Å²) in [5.74, 6) is 2.10. The van der Waals surface area contributed by atoms with Crippen LogP contribution in [0.15, 0.2) is 47.1 Å². The van der Waals surface area contributed by atoms with Crippen LogP contribution in [0.2, 0.25) is 0 Å². The van der Waals surface area contributed by atoms with E-state index in [1.807, 2.05) is 0 Å². The van der Waals surface area contributed by atoms with Crippen LogP contribution in [0, 0.1) is 12.3 Å². The molecule has 2 aromatic heterocycles. The molecule has 2 amide bonds. The molecule has 2 heterocycles. The summed E-state index contributed by atoms with van der Waals surface area (Å²) in [6, 6.07) is 10.1. The van der Waals surface area contributed by atoms with Crippen LogP contribution in [0.3, 0.4) is 0 Å². The predicted molar refractivity (Wildman–Crippen MR) is 88.9 cm³/mol. The van der Waals surface area contributed by atoms with Crippen LogP contribution in [-0.2, 0) is 16.1 Å². The number of hydrogen-bond donors (Lipinski definition) is 3. The zero-order valence-electron chi connectivity index (χ0n) is 12.9. The van der Waals surface area contributed by atoms with Crippen molar-refractivity contribution < 1.29 is 14.0 Å². The molecule has 0 fully saturated rings. The normalized spacial score (nSPS) is 10.0. The van der Waals surface area contributed by atoms with Crippen molar-refractivity contribution in [2.75, 3.05) is 5.32 Å². The minimum atomic E-state index is -0.806. The standard InChI is InChI=1S/C17H13N5O3/c1-2-11-5-3-6-12(9-11)19-17(24)16(23)18-10-14-20-15(22-21-14)13-7-4-8-25-13/h1,3-9H,10H2,(H,18,23)(H,19,24)(H,20,21,22). The predicted octanol–water partition coefficient (Wildman–Crippen LogP) is 1.30. The Morgan fingerprint density at radius 2 is 2.12 bits per heavy atom. The molecule has 3 aromatic rings. The molecule has 0 aliphatic rings. The lowest BCUT2D eigenvalue weighted by molar-refractivity contribution is -0.136. The first-order valence-corrected chi connectivity index (χ1v) is 7.26. The van der Waals surface area contributed by atoms with Crippen LogP contribution >= 0.6 is 0 Å². The Kier molecular flexibility index (Phi) is 4.58. The van der Waals surface area contributed by atoms with Crippen LogP contribution in [0.25, 0.3) is 11.6 Å². The van der Waals surface area contributed by atoms with Crippen molar-refractivity contribution in [3.8, 4) is 23.9 Å². The minimum Gasteiger partial charge on any atom is -0.461 e. The highest BCUT2D eigenvalue weighted by Crippen LogP contribution is 2.14. The lowest BCUT2D eigenvalue weighted by Crippen LogP contribution is -2.35. The summed E-state index contributed by atoms with van der Waals surface area (Å²) in [7, 11) is 0. The quantitative estimate of drug-likeness (QED) is 0.491. The number of aromatic amines is 1. The zero-order chi connectivity index (χ0) is 17.6. The average molecular weight is 335 g/mol. The summed E-state index contributed by atoms with van der Waals surface area (Å²) < 4.78 is 5.17. The van der Waals surface area contributed by atoms with Crippen molar-refractivity contribution in [3.63, 3.8) is 0 Å². The molecular weight excluding hydrogens is 322 g/mol. The highest BCUT2D eigenvalue weighted by molar-refractivity contribution is 6.39. The number of benzene rings is 1. The molecule has 0 bridgehead atoms. The van der Waals surface area contributed by atoms with E-state index in [0.29, 0.717) is 28.7 Å². The van der Waals surface area contributed by atoms with Gasteiger partial charge in [0.15, 0.2) is 5.76 Å². The number of anilines is 1. The molecule has 0 aliphatic heterocycles. The second-order valence-corrected chi connectivity index (χ2v) is 4.94. The molecule has 124 valence electrons. The van der Waals surface area contributed by atoms with Gasteiger partial charge in [0.05, 0.1) is 12.8 Å². The van der Waals surface area contributed by atoms with Crippen LogP contribution in [0.1, 0.15) is 11.4 Å². The fourth-order valence-electron chi connectivity index (χ4n) is 2.01. The second kappa shape index (κ2) is 7.14. The minimum absolute atomic E-state index is 0.0182. The van der Waals surface area contributed by atoms with E-state index in [4.69, 9.17) is 10.8 Å². The summed E-state index contributed by atoms with van der Waals surface area (Å²) in [6.45, 7) is 0.0182. The van der Waals surface area contributed by atoms with E-state index in [-0.39, 0.29) is 6.54 Å². The van der Waals surface area contributed by atoms with E-state index in [0.717, 1.165) is 0 Å². The van der Waals surface area contributed by atoms with Gasteiger partial charge in [0.2, 0.25) is 5.82 Å². The van der Waals surface area contributed by atoms with Gasteiger partial charge in [-0.2, -0.15) is 0 Å². The Balaban J connectivity index is 1.55. The van der Waals surface area contributed by atoms with Gasteiger partial charge in [0, 0.05) is 11.3 Å². The number of rotatable bonds is 4. The summed E-state index contributed by atoms with van der Waals surface area (Å²) in [4.78, 5) is 27.9. The number of amides is 2. The molecule has 25 heavy (non-hydrogen) atoms. The van der Waals surface area contributed by atoms with Gasteiger partial charge in [0.1, 0.15) is 5.82 Å². The third kappa shape index (κ3) is 3.92. The number of hydrogen-bond acceptors (Lipinski definition) is 5. The van der Waals surface area contributed by atoms with Crippen LogP contribution in [0.4, 0.5) is 5.69 Å². The molecule has 3 rings (SSSR count). The first kappa shape index (κ1) is 16.0. The van der Waals surface area contributed by atoms with Gasteiger partial charge in [-0.25, -0.2) is 4.98 Å². The van der Waals surface area contributed by atoms with E-state index in [1.165, 1.54) is 6.26 Å². The van der Waals surface area contributed by atoms with Crippen molar-refractivity contribution in [2.45, 2.75) is 6.54 Å². The first-order chi connectivity index (χ1) is 12.2. The number of carbonyl (C=O) groups excluding carboxylic acids is 2. The SMILES string of the molecule is C#Cc1cccc(NC(=O)C(=O)NCc2nc(-c3ccco3)n[nH]2)c1. The van der Waals surface area contributed by atoms with Crippen molar-refractivity contribution in [1.29, 1.82) is 0 Å². The highest BCUT2D eigenvalue weighted by atomic mass is 16.3. The monoisotopic (exact) mass is 335 g/mol. The Morgan fingerprint density at radius 1 is 1.24 bits per heavy atom. The van der Waals surface area contributed by atoms with Gasteiger partial charge in [-0.1, -0.05) is 12.0 Å². The molecule has 0 radical (unpaired) electrons. The van der Waals surface area contributed by atoms with Crippen LogP contribution < -0.4 is 10.6 Å². The largest absolute Gasteiger partial charge is 0.461 e. The Labute approximate surface area is 142 Å². The fraction of sp³-hybridized carbons (Fsp3) is 0.0588. The first-order valence-electron chi connectivity index (χ1n) is 7.26. The Morgan fingerprint density at radius 3 is 2.88 bits per heavy atom. The summed E-state index contributed by atoms with van der Waals surface area (Å²) >= 11 is 0. The summed E-state index contributed by atoms with van der Waals surface area (Å²) in [6.07, 6.45) is 6.80. The van der Waals surface area contributed by atoms with Crippen LogP contribution in [0.5, 0.6) is 0 Å². The van der Waals surface area contributed by atoms with Crippen molar-refractivity contribution in [1.82, 2.24) is 20.5 Å². The van der Waals surface area contributed by atoms with Crippen molar-refractivity contribution >= 4 is 17.5 Å². The van der Waals surface area contributed by atoms with Gasteiger partial charge in [0.25, 0.3) is 0 Å². The number of carbonyl (C=O) groups is 2. The van der Waals surface area contributed by atoms with Crippen molar-refractivity contribution in [3.05, 3.63) is 54.0 Å². The number of nitrogens with zero attached hydrogens (tertiary/aromatic N) is 2. The third-order valence-corrected chi connectivity index (χ3v) is 3.18. The van der Waals surface area contributed by atoms with E-state index in [1.54, 1.807) is 36.4 Å². The number of terminal acetylenes is 1. The second-order valence-electron chi connectivity index (χ2n) is 4.94. The molecule has 0 aliphatic carbocycles. The van der Waals surface area contributed by atoms with E-state index < -0.39 is 11.8 Å². The average Bonchev–Trinajstić information content (AvgIpc) is 3.31. The van der Waals surface area contributed by atoms with Gasteiger partial charge < -0.3 is 15.1 Å². The molecule has 0 spiro atoms. The lowest BCUT2D eigenvalue weighted by atomic mass is 10.2. The Bertz CT molecular complexity index is 937. The van der Waals surface area contributed by atoms with Gasteiger partial charge in [-0.05, 0) is 30.3 Å². The molecule has 0 saturated heterocycles. The molecular formula is C17H13N5O3. The van der Waals surface area contributed by atoms with Gasteiger partial charge in [-0.15, -0.1) is 11.5 Å². The zero-order valence-corrected chi connectivity index (χ0v) is 12.9. The molecule has 0 atom stereocenters. The summed E-state index contributed by atoms with van der Waals surface area (Å²) in [5, 5.41) is 11.6. The molecule has 1 aromatic carbocycles. The molecule has 0 unspecified atom stereocenters. The maximum atomic E-state index is 11.9. The smallest absolute Gasteiger partial charge is 0.313 e. The summed E-state index contributed by atoms with van der Waals surface area (Å²) in [5.41, 5.74) is 1.04. The topological polar surface area (TPSA) is 113 Å². The van der Waals surface area contributed by atoms with Gasteiger partial charge in [-0.3, -0.25) is 14.7 Å². The number of furan rings is 1. The highest BCUT2D eigenvalue weighted by Gasteiger charge is 2.15. The van der Waals surface area contributed by atoms with Crippen molar-refractivity contribution in [2.24, 2.45) is 0 Å². The molecule has 8 heteroatoms. The number of H-pyrrole nitrogens is 1. The number of aromatic nitrogens is 3.